The zero-order valence-corrected chi connectivity index (χ0v) is 18.1. The molecule has 3 aliphatic carbocycles. The van der Waals surface area contributed by atoms with E-state index in [1.54, 1.807) is 0 Å². The maximum Gasteiger partial charge on any atom is 0.0692 e. The second-order valence-electron chi connectivity index (χ2n) is 9.96. The van der Waals surface area contributed by atoms with Gasteiger partial charge in [0.15, 0.2) is 0 Å². The van der Waals surface area contributed by atoms with Crippen LogP contribution in [0, 0.1) is 40.4 Å². The highest BCUT2D eigenvalue weighted by Gasteiger charge is 2.44. The Morgan fingerprint density at radius 3 is 2.04 bits per heavy atom. The largest absolute Gasteiger partial charge is 0.379 e. The quantitative estimate of drug-likeness (QED) is 0.470. The molecule has 0 aromatic rings. The Morgan fingerprint density at radius 2 is 1.48 bits per heavy atom. The Kier molecular flexibility index (Phi) is 8.07. The minimum absolute atomic E-state index is 0.00792. The number of unbranched alkanes of at least 4 members (excludes halogenated alkanes) is 1. The van der Waals surface area contributed by atoms with Crippen LogP contribution in [0.25, 0.3) is 0 Å². The molecule has 0 unspecified atom stereocenters. The predicted molar refractivity (Wildman–Crippen MR) is 112 cm³/mol. The minimum atomic E-state index is -0.00792. The second kappa shape index (κ2) is 10.3. The number of hydrogen-bond acceptors (Lipinski definition) is 2. The summed E-state index contributed by atoms with van der Waals surface area (Å²) in [5.74, 6) is 3.53. The van der Waals surface area contributed by atoms with Gasteiger partial charge in [-0.05, 0) is 94.8 Å². The van der Waals surface area contributed by atoms with E-state index in [4.69, 9.17) is 4.74 Å². The maximum atomic E-state index is 10.1. The molecule has 3 saturated carbocycles. The van der Waals surface area contributed by atoms with Crippen LogP contribution in [0.1, 0.15) is 110 Å². The van der Waals surface area contributed by atoms with E-state index in [1.807, 2.05) is 0 Å². The lowest BCUT2D eigenvalue weighted by Gasteiger charge is -2.45. The van der Waals surface area contributed by atoms with Crippen LogP contribution >= 0.6 is 0 Å². The molecule has 154 valence electrons. The van der Waals surface area contributed by atoms with E-state index < -0.39 is 0 Å². The molecule has 0 bridgehead atoms. The molecule has 0 spiro atoms. The van der Waals surface area contributed by atoms with Crippen molar-refractivity contribution in [1.29, 1.82) is 5.26 Å². The minimum Gasteiger partial charge on any atom is -0.379 e. The molecule has 3 aliphatic rings. The lowest BCUT2D eigenvalue weighted by atomic mass is 9.58. The first-order valence-corrected chi connectivity index (χ1v) is 12.2. The summed E-state index contributed by atoms with van der Waals surface area (Å²) in [5.41, 5.74) is -0.00792. The standard InChI is InChI=1S/C25H43NO/c1-3-5-6-20-7-9-21(10-8-20)22-15-17-25(19-26,18-16-22)23-11-13-24(14-12-23)27-4-2/h20-24H,3-18H2,1-2H3. The zero-order chi connectivity index (χ0) is 19.1. The molecule has 0 aromatic carbocycles. The topological polar surface area (TPSA) is 33.0 Å². The van der Waals surface area contributed by atoms with Gasteiger partial charge in [-0.25, -0.2) is 0 Å². The molecule has 27 heavy (non-hydrogen) atoms. The molecule has 3 rings (SSSR count). The number of ether oxygens (including phenoxy) is 1. The zero-order valence-electron chi connectivity index (χ0n) is 18.1. The van der Waals surface area contributed by atoms with Crippen LogP contribution in [0.15, 0.2) is 0 Å². The first-order chi connectivity index (χ1) is 13.2. The van der Waals surface area contributed by atoms with Gasteiger partial charge in [0.05, 0.1) is 17.6 Å². The smallest absolute Gasteiger partial charge is 0.0692 e. The van der Waals surface area contributed by atoms with Crippen LogP contribution in [0.5, 0.6) is 0 Å². The Balaban J connectivity index is 1.45. The van der Waals surface area contributed by atoms with E-state index in [0.717, 1.165) is 24.4 Å². The Bertz CT molecular complexity index is 457. The molecular formula is C25H43NO. The first kappa shape index (κ1) is 21.2. The fraction of sp³-hybridized carbons (Fsp3) is 0.960. The van der Waals surface area contributed by atoms with Crippen molar-refractivity contribution in [1.82, 2.24) is 0 Å². The van der Waals surface area contributed by atoms with Crippen molar-refractivity contribution < 1.29 is 4.74 Å². The van der Waals surface area contributed by atoms with E-state index in [-0.39, 0.29) is 5.41 Å². The molecule has 2 nitrogen and oxygen atoms in total. The van der Waals surface area contributed by atoms with E-state index in [1.165, 1.54) is 96.3 Å². The first-order valence-electron chi connectivity index (χ1n) is 12.2. The Hall–Kier alpha value is -0.550. The lowest BCUT2D eigenvalue weighted by molar-refractivity contribution is -0.00233. The molecule has 0 aromatic heterocycles. The van der Waals surface area contributed by atoms with E-state index in [0.29, 0.717) is 12.0 Å². The van der Waals surface area contributed by atoms with Gasteiger partial charge in [0.25, 0.3) is 0 Å². The molecule has 2 heteroatoms. The van der Waals surface area contributed by atoms with Crippen molar-refractivity contribution in [2.75, 3.05) is 6.61 Å². The molecule has 0 saturated heterocycles. The second-order valence-corrected chi connectivity index (χ2v) is 9.96. The van der Waals surface area contributed by atoms with Gasteiger partial charge in [-0.1, -0.05) is 39.0 Å². The predicted octanol–water partition coefficient (Wildman–Crippen LogP) is 7.28. The summed E-state index contributed by atoms with van der Waals surface area (Å²) in [6.45, 7) is 5.25. The molecule has 0 aliphatic heterocycles. The average Bonchev–Trinajstić information content (AvgIpc) is 2.73. The van der Waals surface area contributed by atoms with Gasteiger partial charge in [-0.3, -0.25) is 0 Å². The highest BCUT2D eigenvalue weighted by Crippen LogP contribution is 2.52. The summed E-state index contributed by atoms with van der Waals surface area (Å²) in [6.07, 6.45) is 20.4. The van der Waals surface area contributed by atoms with Crippen molar-refractivity contribution in [2.24, 2.45) is 29.1 Å². The SMILES string of the molecule is CCCCC1CCC(C2CCC(C#N)(C3CCC(OCC)CC3)CC2)CC1. The van der Waals surface area contributed by atoms with Gasteiger partial charge in [-0.15, -0.1) is 0 Å². The molecule has 0 heterocycles. The van der Waals surface area contributed by atoms with Gasteiger partial charge in [0.2, 0.25) is 0 Å². The lowest BCUT2D eigenvalue weighted by Crippen LogP contribution is -2.38. The fourth-order valence-electron chi connectivity index (χ4n) is 6.70. The van der Waals surface area contributed by atoms with Crippen LogP contribution < -0.4 is 0 Å². The summed E-state index contributed by atoms with van der Waals surface area (Å²) < 4.78 is 5.83. The van der Waals surface area contributed by atoms with Crippen molar-refractivity contribution in [3.63, 3.8) is 0 Å². The third kappa shape index (κ3) is 5.29. The maximum absolute atomic E-state index is 10.1. The van der Waals surface area contributed by atoms with Gasteiger partial charge in [0, 0.05) is 6.61 Å². The van der Waals surface area contributed by atoms with Gasteiger partial charge in [0.1, 0.15) is 0 Å². The number of hydrogen-bond donors (Lipinski definition) is 0. The van der Waals surface area contributed by atoms with Crippen LogP contribution in [-0.4, -0.2) is 12.7 Å². The normalized spacial score (nSPS) is 40.4. The summed E-state index contributed by atoms with van der Waals surface area (Å²) in [7, 11) is 0. The Labute approximate surface area is 168 Å². The highest BCUT2D eigenvalue weighted by atomic mass is 16.5. The number of nitrogens with zero attached hydrogens (tertiary/aromatic N) is 1. The van der Waals surface area contributed by atoms with E-state index in [2.05, 4.69) is 19.9 Å². The fourth-order valence-corrected chi connectivity index (χ4v) is 6.70. The van der Waals surface area contributed by atoms with Crippen molar-refractivity contribution in [3.05, 3.63) is 0 Å². The molecule has 3 fully saturated rings. The molecular weight excluding hydrogens is 330 g/mol. The Morgan fingerprint density at radius 1 is 0.852 bits per heavy atom. The summed E-state index contributed by atoms with van der Waals surface area (Å²) in [4.78, 5) is 0. The van der Waals surface area contributed by atoms with Crippen LogP contribution in [0.3, 0.4) is 0 Å². The van der Waals surface area contributed by atoms with Crippen LogP contribution in [0.4, 0.5) is 0 Å². The van der Waals surface area contributed by atoms with Gasteiger partial charge >= 0.3 is 0 Å². The summed E-state index contributed by atoms with van der Waals surface area (Å²) >= 11 is 0. The van der Waals surface area contributed by atoms with Crippen molar-refractivity contribution in [3.8, 4) is 6.07 Å². The highest BCUT2D eigenvalue weighted by molar-refractivity contribution is 5.06. The van der Waals surface area contributed by atoms with Crippen LogP contribution in [0.2, 0.25) is 0 Å². The van der Waals surface area contributed by atoms with Gasteiger partial charge < -0.3 is 4.74 Å². The summed E-state index contributed by atoms with van der Waals surface area (Å²) in [5, 5.41) is 10.1. The molecule has 0 radical (unpaired) electrons. The van der Waals surface area contributed by atoms with E-state index in [9.17, 15) is 5.26 Å². The molecule has 0 amide bonds. The van der Waals surface area contributed by atoms with Crippen LogP contribution in [-0.2, 0) is 4.74 Å². The number of rotatable bonds is 7. The number of nitriles is 1. The average molecular weight is 374 g/mol. The third-order valence-electron chi connectivity index (χ3n) is 8.53. The van der Waals surface area contributed by atoms with E-state index >= 15 is 0 Å². The van der Waals surface area contributed by atoms with Gasteiger partial charge in [-0.2, -0.15) is 5.26 Å². The monoisotopic (exact) mass is 373 g/mol. The molecule has 0 atom stereocenters. The third-order valence-corrected chi connectivity index (χ3v) is 8.53. The molecule has 0 N–H and O–H groups in total. The summed E-state index contributed by atoms with van der Waals surface area (Å²) in [6, 6.07) is 2.85. The van der Waals surface area contributed by atoms with Crippen molar-refractivity contribution in [2.45, 2.75) is 116 Å². The van der Waals surface area contributed by atoms with Crippen molar-refractivity contribution >= 4 is 0 Å².